The van der Waals surface area contributed by atoms with E-state index < -0.39 is 6.04 Å². The second-order valence-corrected chi connectivity index (χ2v) is 3.42. The Morgan fingerprint density at radius 3 is 2.93 bits per heavy atom. The fourth-order valence-corrected chi connectivity index (χ4v) is 1.50. The number of aliphatic hydroxyl groups excluding tert-OH is 1. The first-order chi connectivity index (χ1) is 6.72. The third-order valence-corrected chi connectivity index (χ3v) is 2.36. The van der Waals surface area contributed by atoms with Gasteiger partial charge in [0, 0.05) is 5.39 Å². The molecule has 0 bridgehead atoms. The number of fused-ring (bicyclic) bond motifs is 1. The maximum Gasteiger partial charge on any atom is 0.134 e. The lowest BCUT2D eigenvalue weighted by Crippen LogP contribution is -2.13. The molecule has 74 valence electrons. The summed E-state index contributed by atoms with van der Waals surface area (Å²) in [6.45, 7) is 1.92. The minimum absolute atomic E-state index is 0.0983. The van der Waals surface area contributed by atoms with Crippen LogP contribution in [0.25, 0.3) is 11.0 Å². The Hall–Kier alpha value is -1.32. The maximum absolute atomic E-state index is 8.90. The predicted octanol–water partition coefficient (Wildman–Crippen LogP) is 1.73. The van der Waals surface area contributed by atoms with Gasteiger partial charge in [0.2, 0.25) is 0 Å². The fraction of sp³-hybridized carbons (Fsp3) is 0.273. The molecule has 1 aromatic carbocycles. The predicted molar refractivity (Wildman–Crippen MR) is 55.0 cm³/mol. The van der Waals surface area contributed by atoms with E-state index in [9.17, 15) is 0 Å². The Bertz CT molecular complexity index is 447. The van der Waals surface area contributed by atoms with Crippen LogP contribution in [0.1, 0.15) is 17.4 Å². The van der Waals surface area contributed by atoms with E-state index in [1.54, 1.807) is 0 Å². The van der Waals surface area contributed by atoms with Gasteiger partial charge in [0.15, 0.2) is 0 Å². The minimum Gasteiger partial charge on any atom is -0.459 e. The number of benzene rings is 1. The van der Waals surface area contributed by atoms with Crippen molar-refractivity contribution in [3.63, 3.8) is 0 Å². The minimum atomic E-state index is -0.429. The van der Waals surface area contributed by atoms with E-state index >= 15 is 0 Å². The van der Waals surface area contributed by atoms with E-state index in [1.807, 2.05) is 31.2 Å². The Morgan fingerprint density at radius 2 is 2.29 bits per heavy atom. The van der Waals surface area contributed by atoms with Gasteiger partial charge in [-0.15, -0.1) is 0 Å². The van der Waals surface area contributed by atoms with Crippen molar-refractivity contribution in [3.8, 4) is 0 Å². The van der Waals surface area contributed by atoms with E-state index in [4.69, 9.17) is 15.3 Å². The van der Waals surface area contributed by atoms with E-state index in [2.05, 4.69) is 0 Å². The summed E-state index contributed by atoms with van der Waals surface area (Å²) in [5, 5.41) is 9.96. The average Bonchev–Trinajstić information content (AvgIpc) is 2.62. The normalized spacial score (nSPS) is 13.4. The molecule has 0 spiro atoms. The van der Waals surface area contributed by atoms with Crippen LogP contribution < -0.4 is 5.73 Å². The smallest absolute Gasteiger partial charge is 0.134 e. The van der Waals surface area contributed by atoms with Crippen LogP contribution in [0, 0.1) is 6.92 Å². The molecule has 1 heterocycles. The fourth-order valence-electron chi connectivity index (χ4n) is 1.50. The van der Waals surface area contributed by atoms with Crippen LogP contribution in [0.15, 0.2) is 28.7 Å². The van der Waals surface area contributed by atoms with Crippen molar-refractivity contribution in [1.82, 2.24) is 0 Å². The molecular weight excluding hydrogens is 178 g/mol. The third-order valence-electron chi connectivity index (χ3n) is 2.36. The lowest BCUT2D eigenvalue weighted by molar-refractivity contribution is 0.254. The van der Waals surface area contributed by atoms with Gasteiger partial charge in [-0.25, -0.2) is 0 Å². The summed E-state index contributed by atoms with van der Waals surface area (Å²) in [6, 6.07) is 7.32. The highest BCUT2D eigenvalue weighted by atomic mass is 16.3. The van der Waals surface area contributed by atoms with Gasteiger partial charge in [-0.2, -0.15) is 0 Å². The Balaban J connectivity index is 2.56. The summed E-state index contributed by atoms with van der Waals surface area (Å²) < 4.78 is 5.52. The summed E-state index contributed by atoms with van der Waals surface area (Å²) in [7, 11) is 0. The molecule has 1 atom stereocenters. The standard InChI is InChI=1S/C11H13NO2/c1-7-3-2-4-10-8(7)5-11(14-10)9(12)6-13/h2-5,9,13H,6,12H2,1H3/t9-/m1/s1. The molecule has 3 N–H and O–H groups in total. The highest BCUT2D eigenvalue weighted by Crippen LogP contribution is 2.25. The molecule has 0 radical (unpaired) electrons. The van der Waals surface area contributed by atoms with E-state index in [0.717, 1.165) is 16.5 Å². The monoisotopic (exact) mass is 191 g/mol. The average molecular weight is 191 g/mol. The third kappa shape index (κ3) is 1.41. The first-order valence-corrected chi connectivity index (χ1v) is 4.58. The van der Waals surface area contributed by atoms with Crippen LogP contribution in [0.2, 0.25) is 0 Å². The highest BCUT2D eigenvalue weighted by Gasteiger charge is 2.11. The number of hydrogen-bond donors (Lipinski definition) is 2. The summed E-state index contributed by atoms with van der Waals surface area (Å²) in [5.41, 5.74) is 7.64. The maximum atomic E-state index is 8.90. The number of hydrogen-bond acceptors (Lipinski definition) is 3. The van der Waals surface area contributed by atoms with Gasteiger partial charge in [0.05, 0.1) is 12.6 Å². The van der Waals surface area contributed by atoms with Crippen LogP contribution in [-0.4, -0.2) is 11.7 Å². The molecule has 0 fully saturated rings. The van der Waals surface area contributed by atoms with Gasteiger partial charge in [0.25, 0.3) is 0 Å². The molecule has 14 heavy (non-hydrogen) atoms. The van der Waals surface area contributed by atoms with Crippen LogP contribution >= 0.6 is 0 Å². The van der Waals surface area contributed by atoms with Crippen molar-refractivity contribution in [3.05, 3.63) is 35.6 Å². The summed E-state index contributed by atoms with van der Waals surface area (Å²) in [6.07, 6.45) is 0. The van der Waals surface area contributed by atoms with Crippen LogP contribution in [-0.2, 0) is 0 Å². The van der Waals surface area contributed by atoms with E-state index in [1.165, 1.54) is 0 Å². The topological polar surface area (TPSA) is 59.4 Å². The van der Waals surface area contributed by atoms with Gasteiger partial charge < -0.3 is 15.3 Å². The molecule has 0 unspecified atom stereocenters. The van der Waals surface area contributed by atoms with Crippen molar-refractivity contribution in [2.24, 2.45) is 5.73 Å². The zero-order valence-corrected chi connectivity index (χ0v) is 8.03. The quantitative estimate of drug-likeness (QED) is 0.760. The van der Waals surface area contributed by atoms with Crippen molar-refractivity contribution >= 4 is 11.0 Å². The SMILES string of the molecule is Cc1cccc2oc([C@H](N)CO)cc12. The zero-order chi connectivity index (χ0) is 10.1. The molecule has 1 aromatic heterocycles. The number of aliphatic hydroxyl groups is 1. The summed E-state index contributed by atoms with van der Waals surface area (Å²) >= 11 is 0. The second kappa shape index (κ2) is 3.44. The number of rotatable bonds is 2. The molecule has 0 amide bonds. The Labute approximate surface area is 82.1 Å². The second-order valence-electron chi connectivity index (χ2n) is 3.42. The molecular formula is C11H13NO2. The molecule has 2 aromatic rings. The zero-order valence-electron chi connectivity index (χ0n) is 8.03. The van der Waals surface area contributed by atoms with Gasteiger partial charge in [-0.05, 0) is 24.6 Å². The summed E-state index contributed by atoms with van der Waals surface area (Å²) in [5.74, 6) is 0.636. The van der Waals surface area contributed by atoms with Gasteiger partial charge in [-0.3, -0.25) is 0 Å². The number of furan rings is 1. The van der Waals surface area contributed by atoms with Gasteiger partial charge in [0.1, 0.15) is 11.3 Å². The Kier molecular flexibility index (Phi) is 2.27. The highest BCUT2D eigenvalue weighted by molar-refractivity contribution is 5.81. The largest absolute Gasteiger partial charge is 0.459 e. The van der Waals surface area contributed by atoms with Crippen molar-refractivity contribution < 1.29 is 9.52 Å². The van der Waals surface area contributed by atoms with Crippen molar-refractivity contribution in [2.75, 3.05) is 6.61 Å². The van der Waals surface area contributed by atoms with Crippen molar-refractivity contribution in [2.45, 2.75) is 13.0 Å². The molecule has 2 rings (SSSR count). The van der Waals surface area contributed by atoms with Crippen LogP contribution in [0.4, 0.5) is 0 Å². The lowest BCUT2D eigenvalue weighted by atomic mass is 10.1. The van der Waals surface area contributed by atoms with Crippen LogP contribution in [0.3, 0.4) is 0 Å². The molecule has 0 saturated heterocycles. The first kappa shape index (κ1) is 9.24. The number of aryl methyl sites for hydroxylation is 1. The number of nitrogens with two attached hydrogens (primary N) is 1. The molecule has 0 aliphatic carbocycles. The summed E-state index contributed by atoms with van der Waals surface area (Å²) in [4.78, 5) is 0. The van der Waals surface area contributed by atoms with Gasteiger partial charge in [-0.1, -0.05) is 12.1 Å². The molecule has 3 heteroatoms. The Morgan fingerprint density at radius 1 is 1.50 bits per heavy atom. The van der Waals surface area contributed by atoms with Gasteiger partial charge >= 0.3 is 0 Å². The molecule has 0 aliphatic heterocycles. The molecule has 0 aliphatic rings. The molecule has 3 nitrogen and oxygen atoms in total. The first-order valence-electron chi connectivity index (χ1n) is 4.58. The van der Waals surface area contributed by atoms with E-state index in [-0.39, 0.29) is 6.61 Å². The van der Waals surface area contributed by atoms with Crippen molar-refractivity contribution in [1.29, 1.82) is 0 Å². The van der Waals surface area contributed by atoms with E-state index in [0.29, 0.717) is 5.76 Å². The lowest BCUT2D eigenvalue weighted by Gasteiger charge is -2.01. The molecule has 0 saturated carbocycles. The van der Waals surface area contributed by atoms with Crippen LogP contribution in [0.5, 0.6) is 0 Å².